The first-order valence-electron chi connectivity index (χ1n) is 9.90. The Balaban J connectivity index is 1.61. The van der Waals surface area contributed by atoms with Crippen LogP contribution in [0.5, 0.6) is 11.5 Å². The van der Waals surface area contributed by atoms with Crippen LogP contribution >= 0.6 is 15.9 Å². The van der Waals surface area contributed by atoms with Crippen LogP contribution in [-0.4, -0.2) is 30.6 Å². The van der Waals surface area contributed by atoms with E-state index in [4.69, 9.17) is 9.47 Å². The van der Waals surface area contributed by atoms with Crippen LogP contribution in [0.4, 0.5) is 5.69 Å². The summed E-state index contributed by atoms with van der Waals surface area (Å²) in [5.41, 5.74) is 3.40. The minimum absolute atomic E-state index is 0.240. The van der Waals surface area contributed by atoms with Crippen molar-refractivity contribution in [3.05, 3.63) is 88.4 Å². The SMILES string of the molecule is CCOc1ccc(NC(=O)C(=O)N/N=C\c2cc(Br)ccc2OC(=O)c2ccccc2)cc1. The fourth-order valence-corrected chi connectivity index (χ4v) is 3.03. The molecule has 0 saturated carbocycles. The molecule has 3 aromatic rings. The summed E-state index contributed by atoms with van der Waals surface area (Å²) in [5, 5.41) is 6.27. The largest absolute Gasteiger partial charge is 0.494 e. The van der Waals surface area contributed by atoms with Gasteiger partial charge in [0.05, 0.1) is 18.4 Å². The van der Waals surface area contributed by atoms with Crippen LogP contribution in [-0.2, 0) is 9.59 Å². The van der Waals surface area contributed by atoms with Gasteiger partial charge in [-0.3, -0.25) is 9.59 Å². The van der Waals surface area contributed by atoms with Gasteiger partial charge in [0.25, 0.3) is 0 Å². The minimum Gasteiger partial charge on any atom is -0.494 e. The first-order chi connectivity index (χ1) is 16.0. The van der Waals surface area contributed by atoms with Crippen LogP contribution in [0, 0.1) is 0 Å². The lowest BCUT2D eigenvalue weighted by atomic mass is 10.2. The summed E-state index contributed by atoms with van der Waals surface area (Å²) in [4.78, 5) is 36.5. The summed E-state index contributed by atoms with van der Waals surface area (Å²) >= 11 is 3.34. The lowest BCUT2D eigenvalue weighted by molar-refractivity contribution is -0.136. The standard InChI is InChI=1S/C24H20BrN3O5/c1-2-32-20-11-9-19(10-12-20)27-22(29)23(30)28-26-15-17-14-18(25)8-13-21(17)33-24(31)16-6-4-3-5-7-16/h3-15H,2H2,1H3,(H,27,29)(H,28,30)/b26-15-. The Hall–Kier alpha value is -3.98. The van der Waals surface area contributed by atoms with Gasteiger partial charge in [-0.15, -0.1) is 0 Å². The second kappa shape index (κ2) is 11.6. The average molecular weight is 510 g/mol. The number of carbonyl (C=O) groups excluding carboxylic acids is 3. The van der Waals surface area contributed by atoms with E-state index in [1.165, 1.54) is 6.21 Å². The molecule has 168 valence electrons. The highest BCUT2D eigenvalue weighted by atomic mass is 79.9. The Kier molecular flexibility index (Phi) is 8.31. The molecule has 0 heterocycles. The van der Waals surface area contributed by atoms with Gasteiger partial charge >= 0.3 is 17.8 Å². The molecule has 0 unspecified atom stereocenters. The summed E-state index contributed by atoms with van der Waals surface area (Å²) in [5.74, 6) is -1.49. The molecule has 0 spiro atoms. The molecule has 0 bridgehead atoms. The third-order valence-electron chi connectivity index (χ3n) is 4.18. The van der Waals surface area contributed by atoms with Crippen LogP contribution in [0.3, 0.4) is 0 Å². The first-order valence-corrected chi connectivity index (χ1v) is 10.7. The third kappa shape index (κ3) is 7.01. The van der Waals surface area contributed by atoms with Crippen molar-refractivity contribution < 1.29 is 23.9 Å². The Morgan fingerprint density at radius 1 is 0.970 bits per heavy atom. The second-order valence-corrected chi connectivity index (χ2v) is 7.46. The molecule has 3 aromatic carbocycles. The molecule has 0 saturated heterocycles. The zero-order valence-corrected chi connectivity index (χ0v) is 19.2. The number of benzene rings is 3. The molecule has 0 aliphatic heterocycles. The van der Waals surface area contributed by atoms with E-state index in [2.05, 4.69) is 31.8 Å². The minimum atomic E-state index is -0.960. The van der Waals surface area contributed by atoms with Gasteiger partial charge in [-0.05, 0) is 61.5 Å². The van der Waals surface area contributed by atoms with Crippen LogP contribution in [0.2, 0.25) is 0 Å². The molecule has 2 amide bonds. The maximum atomic E-state index is 12.3. The van der Waals surface area contributed by atoms with E-state index >= 15 is 0 Å². The lowest BCUT2D eigenvalue weighted by Gasteiger charge is -2.08. The van der Waals surface area contributed by atoms with Crippen molar-refractivity contribution >= 4 is 45.6 Å². The van der Waals surface area contributed by atoms with Crippen LogP contribution < -0.4 is 20.2 Å². The molecule has 0 atom stereocenters. The summed E-state index contributed by atoms with van der Waals surface area (Å²) in [7, 11) is 0. The fourth-order valence-electron chi connectivity index (χ4n) is 2.65. The van der Waals surface area contributed by atoms with Gasteiger partial charge in [-0.1, -0.05) is 34.1 Å². The number of ether oxygens (including phenoxy) is 2. The Morgan fingerprint density at radius 2 is 1.70 bits per heavy atom. The molecular weight excluding hydrogens is 490 g/mol. The van der Waals surface area contributed by atoms with E-state index in [0.29, 0.717) is 33.6 Å². The lowest BCUT2D eigenvalue weighted by Crippen LogP contribution is -2.32. The number of hydrogen-bond donors (Lipinski definition) is 2. The fraction of sp³-hybridized carbons (Fsp3) is 0.0833. The normalized spacial score (nSPS) is 10.5. The maximum Gasteiger partial charge on any atom is 0.343 e. The van der Waals surface area contributed by atoms with Crippen molar-refractivity contribution in [1.82, 2.24) is 5.43 Å². The average Bonchev–Trinajstić information content (AvgIpc) is 2.82. The van der Waals surface area contributed by atoms with Crippen LogP contribution in [0.15, 0.2) is 82.4 Å². The van der Waals surface area contributed by atoms with E-state index in [0.717, 1.165) is 0 Å². The van der Waals surface area contributed by atoms with Crippen molar-refractivity contribution in [2.45, 2.75) is 6.92 Å². The number of esters is 1. The Bertz CT molecular complexity index is 1160. The summed E-state index contributed by atoms with van der Waals surface area (Å²) in [6, 6.07) is 20.1. The van der Waals surface area contributed by atoms with Gasteiger partial charge in [0.1, 0.15) is 11.5 Å². The molecule has 0 fully saturated rings. The maximum absolute atomic E-state index is 12.3. The van der Waals surface area contributed by atoms with Gasteiger partial charge in [0, 0.05) is 15.7 Å². The zero-order chi connectivity index (χ0) is 23.6. The van der Waals surface area contributed by atoms with Crippen LogP contribution in [0.1, 0.15) is 22.8 Å². The van der Waals surface area contributed by atoms with E-state index in [1.54, 1.807) is 72.8 Å². The molecule has 0 aliphatic carbocycles. The van der Waals surface area contributed by atoms with Crippen molar-refractivity contribution in [2.24, 2.45) is 5.10 Å². The van der Waals surface area contributed by atoms with Gasteiger partial charge in [0.2, 0.25) is 0 Å². The van der Waals surface area contributed by atoms with Gasteiger partial charge < -0.3 is 14.8 Å². The molecule has 33 heavy (non-hydrogen) atoms. The van der Waals surface area contributed by atoms with Crippen molar-refractivity contribution in [2.75, 3.05) is 11.9 Å². The number of nitrogens with zero attached hydrogens (tertiary/aromatic N) is 1. The summed E-state index contributed by atoms with van der Waals surface area (Å²) in [6.45, 7) is 2.39. The third-order valence-corrected chi connectivity index (χ3v) is 4.68. The van der Waals surface area contributed by atoms with E-state index in [1.807, 2.05) is 6.92 Å². The van der Waals surface area contributed by atoms with Crippen molar-refractivity contribution in [3.63, 3.8) is 0 Å². The molecule has 0 aliphatic rings. The first kappa shape index (κ1) is 23.7. The number of rotatable bonds is 7. The van der Waals surface area contributed by atoms with Crippen molar-refractivity contribution in [1.29, 1.82) is 0 Å². The van der Waals surface area contributed by atoms with Crippen molar-refractivity contribution in [3.8, 4) is 11.5 Å². The molecular formula is C24H20BrN3O5. The molecule has 0 aromatic heterocycles. The smallest absolute Gasteiger partial charge is 0.343 e. The highest BCUT2D eigenvalue weighted by Crippen LogP contribution is 2.23. The summed E-state index contributed by atoms with van der Waals surface area (Å²) < 4.78 is 11.5. The monoisotopic (exact) mass is 509 g/mol. The van der Waals surface area contributed by atoms with Crippen LogP contribution in [0.25, 0.3) is 0 Å². The molecule has 9 heteroatoms. The topological polar surface area (TPSA) is 106 Å². The molecule has 0 radical (unpaired) electrons. The zero-order valence-electron chi connectivity index (χ0n) is 17.6. The Labute approximate surface area is 198 Å². The predicted molar refractivity (Wildman–Crippen MR) is 128 cm³/mol. The molecule has 2 N–H and O–H groups in total. The number of hydrogen-bond acceptors (Lipinski definition) is 6. The van der Waals surface area contributed by atoms with Gasteiger partial charge in [0.15, 0.2) is 0 Å². The van der Waals surface area contributed by atoms with Gasteiger partial charge in [-0.2, -0.15) is 5.10 Å². The highest BCUT2D eigenvalue weighted by molar-refractivity contribution is 9.10. The number of nitrogens with one attached hydrogen (secondary N) is 2. The molecule has 8 nitrogen and oxygen atoms in total. The second-order valence-electron chi connectivity index (χ2n) is 6.55. The predicted octanol–water partition coefficient (Wildman–Crippen LogP) is 4.16. The number of carbonyl (C=O) groups is 3. The van der Waals surface area contributed by atoms with E-state index in [-0.39, 0.29) is 5.75 Å². The quantitative estimate of drug-likeness (QED) is 0.163. The number of anilines is 1. The van der Waals surface area contributed by atoms with Gasteiger partial charge in [-0.25, -0.2) is 10.2 Å². The number of halogens is 1. The summed E-state index contributed by atoms with van der Waals surface area (Å²) in [6.07, 6.45) is 1.28. The Morgan fingerprint density at radius 3 is 2.39 bits per heavy atom. The highest BCUT2D eigenvalue weighted by Gasteiger charge is 2.14. The number of hydrazone groups is 1. The molecule has 3 rings (SSSR count). The number of amides is 2. The van der Waals surface area contributed by atoms with E-state index < -0.39 is 17.8 Å². The van der Waals surface area contributed by atoms with E-state index in [9.17, 15) is 14.4 Å².